The fourth-order valence-electron chi connectivity index (χ4n) is 0.215. The molecule has 0 aliphatic carbocycles. The average Bonchev–Trinajstić information content (AvgIpc) is 2.17. The van der Waals surface area contributed by atoms with Crippen molar-refractivity contribution < 1.29 is 4.43 Å². The van der Waals surface area contributed by atoms with Crippen molar-refractivity contribution in [2.45, 2.75) is 0 Å². The molecule has 0 aromatic carbocycles. The number of nitrogens with one attached hydrogen (secondary N) is 1. The van der Waals surface area contributed by atoms with Crippen LogP contribution in [0.2, 0.25) is 0 Å². The van der Waals surface area contributed by atoms with Gasteiger partial charge < -0.3 is 9.41 Å². The van der Waals surface area contributed by atoms with Gasteiger partial charge in [-0.1, -0.05) is 0 Å². The van der Waals surface area contributed by atoms with Crippen LogP contribution < -0.4 is 0 Å². The van der Waals surface area contributed by atoms with Crippen LogP contribution in [0.4, 0.5) is 0 Å². The SMILES string of the molecule is CO[SiH3].c1c[nH]cn1. The first-order valence-electron chi connectivity index (χ1n) is 2.24. The summed E-state index contributed by atoms with van der Waals surface area (Å²) in [5, 5.41) is 0. The Morgan fingerprint density at radius 3 is 2.50 bits per heavy atom. The van der Waals surface area contributed by atoms with E-state index >= 15 is 0 Å². The minimum absolute atomic E-state index is 0.869. The highest BCUT2D eigenvalue weighted by Crippen LogP contribution is 1.62. The van der Waals surface area contributed by atoms with Gasteiger partial charge in [0, 0.05) is 19.5 Å². The standard InChI is InChI=1S/C3H4N2.CH6OSi/c1-2-5-3-4-1;1-2-3/h1-3H,(H,4,5);1,3H3. The fraction of sp³-hybridized carbons (Fsp3) is 0.250. The summed E-state index contributed by atoms with van der Waals surface area (Å²) in [5.41, 5.74) is 0. The number of nitrogens with zero attached hydrogens (tertiary/aromatic N) is 1. The summed E-state index contributed by atoms with van der Waals surface area (Å²) in [6.07, 6.45) is 5.08. The normalized spacial score (nSPS) is 7.62. The van der Waals surface area contributed by atoms with Crippen LogP contribution in [-0.2, 0) is 4.43 Å². The summed E-state index contributed by atoms with van der Waals surface area (Å²) in [6.45, 7) is 0. The molecule has 1 N–H and O–H groups in total. The first-order valence-corrected chi connectivity index (χ1v) is 3.06. The van der Waals surface area contributed by atoms with E-state index in [0.717, 1.165) is 10.5 Å². The van der Waals surface area contributed by atoms with Crippen molar-refractivity contribution in [1.82, 2.24) is 9.97 Å². The lowest BCUT2D eigenvalue weighted by Crippen LogP contribution is -1.60. The summed E-state index contributed by atoms with van der Waals surface area (Å²) >= 11 is 0. The van der Waals surface area contributed by atoms with E-state index in [0.29, 0.717) is 0 Å². The molecule has 1 heterocycles. The molecule has 0 aliphatic heterocycles. The monoisotopic (exact) mass is 130 g/mol. The maximum atomic E-state index is 4.39. The largest absolute Gasteiger partial charge is 0.431 e. The third-order valence-corrected chi connectivity index (χ3v) is 0.406. The molecule has 1 rings (SSSR count). The van der Waals surface area contributed by atoms with Crippen LogP contribution in [0.3, 0.4) is 0 Å². The van der Waals surface area contributed by atoms with E-state index < -0.39 is 0 Å². The number of aromatic amines is 1. The molecule has 0 fully saturated rings. The number of hydrogen-bond acceptors (Lipinski definition) is 2. The Morgan fingerprint density at radius 1 is 1.75 bits per heavy atom. The number of hydrogen-bond donors (Lipinski definition) is 1. The zero-order valence-electron chi connectivity index (χ0n) is 5.09. The van der Waals surface area contributed by atoms with Crippen molar-refractivity contribution in [3.63, 3.8) is 0 Å². The second kappa shape index (κ2) is 6.39. The number of rotatable bonds is 0. The molecule has 1 aromatic rings. The molecule has 0 aliphatic rings. The highest BCUT2D eigenvalue weighted by atomic mass is 28.2. The van der Waals surface area contributed by atoms with E-state index in [1.54, 1.807) is 25.8 Å². The first kappa shape index (κ1) is 7.39. The Balaban J connectivity index is 0.000000145. The van der Waals surface area contributed by atoms with Gasteiger partial charge >= 0.3 is 0 Å². The Morgan fingerprint density at radius 2 is 2.38 bits per heavy atom. The van der Waals surface area contributed by atoms with E-state index in [4.69, 9.17) is 0 Å². The lowest BCUT2D eigenvalue weighted by atomic mass is 11.0. The lowest BCUT2D eigenvalue weighted by Gasteiger charge is -1.61. The van der Waals surface area contributed by atoms with Crippen LogP contribution in [0.1, 0.15) is 0 Å². The molecule has 0 amide bonds. The molecule has 8 heavy (non-hydrogen) atoms. The Kier molecular flexibility index (Phi) is 5.90. The first-order chi connectivity index (χ1) is 3.91. The summed E-state index contributed by atoms with van der Waals surface area (Å²) in [7, 11) is 2.56. The maximum absolute atomic E-state index is 4.39. The molecule has 0 unspecified atom stereocenters. The van der Waals surface area contributed by atoms with Gasteiger partial charge in [-0.05, 0) is 0 Å². The molecule has 0 saturated heterocycles. The predicted molar refractivity (Wildman–Crippen MR) is 35.5 cm³/mol. The quantitative estimate of drug-likeness (QED) is 0.473. The maximum Gasteiger partial charge on any atom is 0.145 e. The molecule has 0 atom stereocenters. The highest BCUT2D eigenvalue weighted by Gasteiger charge is 1.56. The van der Waals surface area contributed by atoms with E-state index in [2.05, 4.69) is 14.4 Å². The van der Waals surface area contributed by atoms with Gasteiger partial charge in [0.2, 0.25) is 0 Å². The zero-order chi connectivity index (χ0) is 6.24. The van der Waals surface area contributed by atoms with Gasteiger partial charge in [0.05, 0.1) is 6.33 Å². The smallest absolute Gasteiger partial charge is 0.145 e. The molecule has 0 bridgehead atoms. The minimum Gasteiger partial charge on any atom is -0.431 e. The molecular formula is C4H10N2OSi. The second-order valence-electron chi connectivity index (χ2n) is 1.17. The van der Waals surface area contributed by atoms with Crippen LogP contribution in [0, 0.1) is 0 Å². The van der Waals surface area contributed by atoms with Crippen LogP contribution in [-0.4, -0.2) is 27.6 Å². The van der Waals surface area contributed by atoms with Gasteiger partial charge in [-0.2, -0.15) is 0 Å². The van der Waals surface area contributed by atoms with Crippen molar-refractivity contribution >= 4 is 10.5 Å². The zero-order valence-corrected chi connectivity index (χ0v) is 7.09. The lowest BCUT2D eigenvalue weighted by molar-refractivity contribution is 0.460. The molecule has 3 nitrogen and oxygen atoms in total. The minimum atomic E-state index is 0.869. The third kappa shape index (κ3) is 5.39. The number of aromatic nitrogens is 2. The molecule has 1 aromatic heterocycles. The highest BCUT2D eigenvalue weighted by molar-refractivity contribution is 5.97. The van der Waals surface area contributed by atoms with Crippen LogP contribution in [0.15, 0.2) is 18.7 Å². The second-order valence-corrected chi connectivity index (χ2v) is 1.99. The van der Waals surface area contributed by atoms with Crippen LogP contribution >= 0.6 is 0 Å². The summed E-state index contributed by atoms with van der Waals surface area (Å²) < 4.78 is 4.39. The fourth-order valence-corrected chi connectivity index (χ4v) is 0.215. The number of H-pyrrole nitrogens is 1. The Labute approximate surface area is 51.6 Å². The van der Waals surface area contributed by atoms with Gasteiger partial charge in [-0.15, -0.1) is 0 Å². The van der Waals surface area contributed by atoms with E-state index in [-0.39, 0.29) is 0 Å². The molecule has 0 spiro atoms. The van der Waals surface area contributed by atoms with Crippen molar-refractivity contribution in [2.24, 2.45) is 0 Å². The van der Waals surface area contributed by atoms with E-state index in [1.165, 1.54) is 0 Å². The molecule has 46 valence electrons. The molecule has 0 radical (unpaired) electrons. The van der Waals surface area contributed by atoms with Crippen molar-refractivity contribution in [3.05, 3.63) is 18.7 Å². The summed E-state index contributed by atoms with van der Waals surface area (Å²) in [5.74, 6) is 0. The van der Waals surface area contributed by atoms with E-state index in [1.807, 2.05) is 0 Å². The van der Waals surface area contributed by atoms with Gasteiger partial charge in [-0.3, -0.25) is 0 Å². The molecule has 4 heteroatoms. The summed E-state index contributed by atoms with van der Waals surface area (Å²) in [4.78, 5) is 6.42. The van der Waals surface area contributed by atoms with Crippen molar-refractivity contribution in [3.8, 4) is 0 Å². The Hall–Kier alpha value is -0.613. The van der Waals surface area contributed by atoms with Crippen LogP contribution in [0.5, 0.6) is 0 Å². The molecule has 0 saturated carbocycles. The summed E-state index contributed by atoms with van der Waals surface area (Å²) in [6, 6.07) is 0. The van der Waals surface area contributed by atoms with Crippen LogP contribution in [0.25, 0.3) is 0 Å². The van der Waals surface area contributed by atoms with Gasteiger partial charge in [0.25, 0.3) is 0 Å². The van der Waals surface area contributed by atoms with Gasteiger partial charge in [-0.25, -0.2) is 4.98 Å². The molecular weight excluding hydrogens is 120 g/mol. The van der Waals surface area contributed by atoms with Gasteiger partial charge in [0.15, 0.2) is 0 Å². The third-order valence-electron chi connectivity index (χ3n) is 0.406. The average molecular weight is 130 g/mol. The Bertz CT molecular complexity index is 80.9. The topological polar surface area (TPSA) is 37.9 Å². The van der Waals surface area contributed by atoms with Crippen molar-refractivity contribution in [2.75, 3.05) is 7.11 Å². The van der Waals surface area contributed by atoms with Gasteiger partial charge in [0.1, 0.15) is 10.5 Å². The number of imidazole rings is 1. The van der Waals surface area contributed by atoms with E-state index in [9.17, 15) is 0 Å². The van der Waals surface area contributed by atoms with Crippen molar-refractivity contribution in [1.29, 1.82) is 0 Å². The predicted octanol–water partition coefficient (Wildman–Crippen LogP) is -0.677.